The quantitative estimate of drug-likeness (QED) is 0.322. The minimum atomic E-state index is 0.827. The van der Waals surface area contributed by atoms with Crippen LogP contribution in [-0.2, 0) is 0 Å². The van der Waals surface area contributed by atoms with E-state index in [-0.39, 0.29) is 0 Å². The molecule has 106 valence electrons. The zero-order valence-corrected chi connectivity index (χ0v) is 12.7. The summed E-state index contributed by atoms with van der Waals surface area (Å²) in [6, 6.07) is 10.5. The minimum Gasteiger partial charge on any atom is -0.127 e. The van der Waals surface area contributed by atoms with E-state index in [1.165, 1.54) is 63.4 Å². The highest BCUT2D eigenvalue weighted by Crippen LogP contribution is 2.11. The maximum absolute atomic E-state index is 5.65. The molecule has 0 aliphatic heterocycles. The van der Waals surface area contributed by atoms with Crippen molar-refractivity contribution < 1.29 is 0 Å². The van der Waals surface area contributed by atoms with Gasteiger partial charge in [0.1, 0.15) is 0 Å². The molecule has 0 N–H and O–H groups in total. The van der Waals surface area contributed by atoms with Crippen LogP contribution in [-0.4, -0.2) is 5.88 Å². The summed E-state index contributed by atoms with van der Waals surface area (Å²) in [5, 5.41) is 0. The molecule has 0 radical (unpaired) electrons. The van der Waals surface area contributed by atoms with Gasteiger partial charge in [-0.15, -0.1) is 11.6 Å². The van der Waals surface area contributed by atoms with Crippen molar-refractivity contribution in [2.45, 2.75) is 57.8 Å². The molecular formula is C18H27Cl. The highest BCUT2D eigenvalue weighted by Gasteiger charge is 1.91. The number of hydrogen-bond acceptors (Lipinski definition) is 0. The van der Waals surface area contributed by atoms with Gasteiger partial charge in [-0.3, -0.25) is 0 Å². The van der Waals surface area contributed by atoms with Crippen LogP contribution in [0.3, 0.4) is 0 Å². The molecule has 1 aromatic carbocycles. The zero-order chi connectivity index (χ0) is 13.6. The lowest BCUT2D eigenvalue weighted by Gasteiger charge is -2.00. The predicted octanol–water partition coefficient (Wildman–Crippen LogP) is 6.45. The first-order valence-electron chi connectivity index (χ1n) is 7.71. The molecule has 0 aliphatic rings. The van der Waals surface area contributed by atoms with Gasteiger partial charge in [-0.05, 0) is 24.8 Å². The van der Waals surface area contributed by atoms with Gasteiger partial charge in [0.25, 0.3) is 0 Å². The second kappa shape index (κ2) is 12.3. The number of hydrogen-bond donors (Lipinski definition) is 0. The Hall–Kier alpha value is -0.750. The minimum absolute atomic E-state index is 0.827. The number of allylic oxidation sites excluding steroid dienone is 1. The van der Waals surface area contributed by atoms with Crippen molar-refractivity contribution in [3.05, 3.63) is 42.0 Å². The van der Waals surface area contributed by atoms with Crippen LogP contribution in [0.2, 0.25) is 0 Å². The third-order valence-corrected chi connectivity index (χ3v) is 3.63. The highest BCUT2D eigenvalue weighted by molar-refractivity contribution is 6.17. The van der Waals surface area contributed by atoms with E-state index in [2.05, 4.69) is 42.5 Å². The van der Waals surface area contributed by atoms with E-state index in [9.17, 15) is 0 Å². The van der Waals surface area contributed by atoms with Crippen molar-refractivity contribution in [2.24, 2.45) is 0 Å². The van der Waals surface area contributed by atoms with Crippen molar-refractivity contribution >= 4 is 17.7 Å². The number of benzene rings is 1. The molecule has 0 atom stereocenters. The Morgan fingerprint density at radius 2 is 1.32 bits per heavy atom. The molecule has 0 spiro atoms. The van der Waals surface area contributed by atoms with Crippen LogP contribution < -0.4 is 0 Å². The molecule has 0 nitrogen and oxygen atoms in total. The lowest BCUT2D eigenvalue weighted by molar-refractivity contribution is 0.578. The number of alkyl halides is 1. The summed E-state index contributed by atoms with van der Waals surface area (Å²) in [6.07, 6.45) is 16.5. The standard InChI is InChI=1S/C18H27Cl/c19-17-13-8-6-4-2-1-3-5-7-10-14-18-15-11-9-12-16-18/h9-12,14-16H,1-8,13,17H2. The van der Waals surface area contributed by atoms with Gasteiger partial charge in [0.05, 0.1) is 0 Å². The summed E-state index contributed by atoms with van der Waals surface area (Å²) < 4.78 is 0. The maximum atomic E-state index is 5.65. The molecule has 0 aromatic heterocycles. The van der Waals surface area contributed by atoms with Crippen molar-refractivity contribution in [1.29, 1.82) is 0 Å². The van der Waals surface area contributed by atoms with Gasteiger partial charge in [0.15, 0.2) is 0 Å². The van der Waals surface area contributed by atoms with Crippen molar-refractivity contribution in [2.75, 3.05) is 5.88 Å². The average molecular weight is 279 g/mol. The predicted molar refractivity (Wildman–Crippen MR) is 87.7 cm³/mol. The van der Waals surface area contributed by atoms with Crippen LogP contribution in [0.1, 0.15) is 63.4 Å². The fraction of sp³-hybridized carbons (Fsp3) is 0.556. The summed E-state index contributed by atoms with van der Waals surface area (Å²) in [5.74, 6) is 0.827. The second-order valence-electron chi connectivity index (χ2n) is 5.12. The van der Waals surface area contributed by atoms with Crippen LogP contribution in [0.5, 0.6) is 0 Å². The number of halogens is 1. The van der Waals surface area contributed by atoms with Gasteiger partial charge >= 0.3 is 0 Å². The Kier molecular flexibility index (Phi) is 10.5. The topological polar surface area (TPSA) is 0 Å². The van der Waals surface area contributed by atoms with Gasteiger partial charge in [-0.25, -0.2) is 0 Å². The third-order valence-electron chi connectivity index (χ3n) is 3.36. The van der Waals surface area contributed by atoms with E-state index >= 15 is 0 Å². The molecule has 0 fully saturated rings. The fourth-order valence-corrected chi connectivity index (χ4v) is 2.39. The lowest BCUT2D eigenvalue weighted by Crippen LogP contribution is -1.81. The molecule has 0 bridgehead atoms. The summed E-state index contributed by atoms with van der Waals surface area (Å²) in [4.78, 5) is 0. The largest absolute Gasteiger partial charge is 0.127 e. The maximum Gasteiger partial charge on any atom is 0.0223 e. The van der Waals surface area contributed by atoms with Crippen LogP contribution >= 0.6 is 11.6 Å². The van der Waals surface area contributed by atoms with E-state index in [0.29, 0.717) is 0 Å². The first-order chi connectivity index (χ1) is 9.43. The average Bonchev–Trinajstić information content (AvgIpc) is 2.46. The van der Waals surface area contributed by atoms with Gasteiger partial charge in [-0.1, -0.05) is 81.0 Å². The summed E-state index contributed by atoms with van der Waals surface area (Å²) in [7, 11) is 0. The van der Waals surface area contributed by atoms with Crippen LogP contribution in [0.25, 0.3) is 6.08 Å². The Labute approximate surface area is 123 Å². The van der Waals surface area contributed by atoms with E-state index in [4.69, 9.17) is 11.6 Å². The smallest absolute Gasteiger partial charge is 0.0223 e. The molecule has 0 amide bonds. The zero-order valence-electron chi connectivity index (χ0n) is 12.0. The van der Waals surface area contributed by atoms with Crippen molar-refractivity contribution in [3.63, 3.8) is 0 Å². The summed E-state index contributed by atoms with van der Waals surface area (Å²) in [5.41, 5.74) is 1.31. The van der Waals surface area contributed by atoms with E-state index in [0.717, 1.165) is 5.88 Å². The third kappa shape index (κ3) is 9.78. The molecule has 1 heteroatoms. The Morgan fingerprint density at radius 1 is 0.737 bits per heavy atom. The highest BCUT2D eigenvalue weighted by atomic mass is 35.5. The summed E-state index contributed by atoms with van der Waals surface area (Å²) in [6.45, 7) is 0. The molecule has 0 saturated carbocycles. The molecule has 0 heterocycles. The second-order valence-corrected chi connectivity index (χ2v) is 5.50. The molecule has 0 aliphatic carbocycles. The summed E-state index contributed by atoms with van der Waals surface area (Å²) >= 11 is 5.65. The van der Waals surface area contributed by atoms with Gasteiger partial charge < -0.3 is 0 Å². The SMILES string of the molecule is ClCCCCCCCCCCC=Cc1ccccc1. The fourth-order valence-electron chi connectivity index (χ4n) is 2.20. The van der Waals surface area contributed by atoms with Crippen LogP contribution in [0.15, 0.2) is 36.4 Å². The van der Waals surface area contributed by atoms with E-state index in [1.54, 1.807) is 0 Å². The first kappa shape index (κ1) is 16.3. The van der Waals surface area contributed by atoms with Crippen molar-refractivity contribution in [3.8, 4) is 0 Å². The lowest BCUT2D eigenvalue weighted by atomic mass is 10.1. The van der Waals surface area contributed by atoms with Gasteiger partial charge in [-0.2, -0.15) is 0 Å². The molecular weight excluding hydrogens is 252 g/mol. The Morgan fingerprint density at radius 3 is 1.95 bits per heavy atom. The molecule has 19 heavy (non-hydrogen) atoms. The van der Waals surface area contributed by atoms with E-state index in [1.807, 2.05) is 0 Å². The monoisotopic (exact) mass is 278 g/mol. The normalized spacial score (nSPS) is 11.2. The molecule has 0 unspecified atom stereocenters. The van der Waals surface area contributed by atoms with Crippen LogP contribution in [0.4, 0.5) is 0 Å². The molecule has 1 rings (SSSR count). The number of unbranched alkanes of at least 4 members (excludes halogenated alkanes) is 8. The molecule has 1 aromatic rings. The van der Waals surface area contributed by atoms with E-state index < -0.39 is 0 Å². The van der Waals surface area contributed by atoms with Crippen LogP contribution in [0, 0.1) is 0 Å². The first-order valence-corrected chi connectivity index (χ1v) is 8.24. The Balaban J connectivity index is 1.87. The Bertz CT molecular complexity index is 316. The molecule has 0 saturated heterocycles. The number of rotatable bonds is 11. The van der Waals surface area contributed by atoms with Crippen molar-refractivity contribution in [1.82, 2.24) is 0 Å². The van der Waals surface area contributed by atoms with Gasteiger partial charge in [0.2, 0.25) is 0 Å². The van der Waals surface area contributed by atoms with Gasteiger partial charge in [0, 0.05) is 5.88 Å².